The van der Waals surface area contributed by atoms with Gasteiger partial charge in [-0.15, -0.1) is 0 Å². The Bertz CT molecular complexity index is 510. The average Bonchev–Trinajstić information content (AvgIpc) is 2.37. The Hall–Kier alpha value is -2.37. The molecule has 1 atom stereocenters. The first-order chi connectivity index (χ1) is 8.12. The summed E-state index contributed by atoms with van der Waals surface area (Å²) < 4.78 is 0. The minimum absolute atomic E-state index is 0.232. The van der Waals surface area contributed by atoms with Crippen molar-refractivity contribution >= 4 is 11.6 Å². The molecule has 0 radical (unpaired) electrons. The highest BCUT2D eigenvalue weighted by molar-refractivity contribution is 5.94. The number of amides is 1. The molecule has 0 aliphatic heterocycles. The summed E-state index contributed by atoms with van der Waals surface area (Å²) in [5, 5.41) is 20.2. The molecule has 0 bridgehead atoms. The zero-order valence-corrected chi connectivity index (χ0v) is 9.40. The number of carbonyl (C=O) groups excluding carboxylic acids is 1. The second kappa shape index (κ2) is 5.64. The van der Waals surface area contributed by atoms with E-state index in [1.165, 1.54) is 12.1 Å². The number of hydrogen-bond acceptors (Lipinski definition) is 4. The zero-order chi connectivity index (χ0) is 12.8. The van der Waals surface area contributed by atoms with Crippen LogP contribution in [0.15, 0.2) is 18.2 Å². The number of nitriles is 2. The van der Waals surface area contributed by atoms with Gasteiger partial charge in [0.1, 0.15) is 12.1 Å². The van der Waals surface area contributed by atoms with Gasteiger partial charge >= 0.3 is 0 Å². The molecular weight excluding hydrogens is 216 g/mol. The number of rotatable bonds is 3. The first-order valence-electron chi connectivity index (χ1n) is 5.13. The third kappa shape index (κ3) is 3.04. The van der Waals surface area contributed by atoms with Crippen molar-refractivity contribution in [3.63, 3.8) is 0 Å². The van der Waals surface area contributed by atoms with Crippen LogP contribution in [0.1, 0.15) is 24.5 Å². The zero-order valence-electron chi connectivity index (χ0n) is 9.40. The van der Waals surface area contributed by atoms with Crippen LogP contribution in [-0.4, -0.2) is 11.9 Å². The molecule has 1 rings (SSSR count). The summed E-state index contributed by atoms with van der Waals surface area (Å²) in [7, 11) is 0. The lowest BCUT2D eigenvalue weighted by atomic mass is 10.1. The van der Waals surface area contributed by atoms with Gasteiger partial charge in [-0.2, -0.15) is 10.5 Å². The van der Waals surface area contributed by atoms with Gasteiger partial charge in [0.2, 0.25) is 5.91 Å². The second-order valence-electron chi connectivity index (χ2n) is 3.49. The summed E-state index contributed by atoms with van der Waals surface area (Å²) in [5.74, 6) is -0.305. The summed E-state index contributed by atoms with van der Waals surface area (Å²) in [6.07, 6.45) is 0.535. The molecule has 0 saturated carbocycles. The summed E-state index contributed by atoms with van der Waals surface area (Å²) in [5.41, 5.74) is 6.54. The highest BCUT2D eigenvalue weighted by Crippen LogP contribution is 2.14. The Balaban J connectivity index is 2.92. The van der Waals surface area contributed by atoms with Gasteiger partial charge in [-0.3, -0.25) is 4.79 Å². The van der Waals surface area contributed by atoms with Crippen LogP contribution in [-0.2, 0) is 4.79 Å². The molecule has 5 nitrogen and oxygen atoms in total. The molecule has 0 aliphatic carbocycles. The molecule has 3 N–H and O–H groups in total. The van der Waals surface area contributed by atoms with Crippen molar-refractivity contribution < 1.29 is 4.79 Å². The van der Waals surface area contributed by atoms with E-state index in [-0.39, 0.29) is 17.0 Å². The summed E-state index contributed by atoms with van der Waals surface area (Å²) in [4.78, 5) is 11.5. The van der Waals surface area contributed by atoms with Crippen LogP contribution in [0.2, 0.25) is 0 Å². The Morgan fingerprint density at radius 1 is 1.41 bits per heavy atom. The first-order valence-corrected chi connectivity index (χ1v) is 5.13. The molecule has 5 heteroatoms. The van der Waals surface area contributed by atoms with Crippen LogP contribution in [0.5, 0.6) is 0 Å². The van der Waals surface area contributed by atoms with E-state index in [1.807, 2.05) is 19.1 Å². The predicted molar refractivity (Wildman–Crippen MR) is 62.8 cm³/mol. The maximum Gasteiger partial charge on any atom is 0.241 e. The van der Waals surface area contributed by atoms with Crippen molar-refractivity contribution in [1.29, 1.82) is 10.5 Å². The number of benzene rings is 1. The van der Waals surface area contributed by atoms with E-state index >= 15 is 0 Å². The van der Waals surface area contributed by atoms with Crippen molar-refractivity contribution in [3.8, 4) is 12.1 Å². The number of anilines is 1. The SMILES string of the molecule is CCC(N)C(=O)Nc1ccc(C#N)c(C#N)c1. The quantitative estimate of drug-likeness (QED) is 0.808. The molecule has 0 aliphatic rings. The predicted octanol–water partition coefficient (Wildman–Crippen LogP) is 1.11. The van der Waals surface area contributed by atoms with Crippen LogP contribution in [0.3, 0.4) is 0 Å². The molecule has 0 spiro atoms. The third-order valence-electron chi connectivity index (χ3n) is 2.30. The molecule has 0 aromatic heterocycles. The molecule has 0 heterocycles. The topological polar surface area (TPSA) is 103 Å². The Kier molecular flexibility index (Phi) is 4.21. The van der Waals surface area contributed by atoms with Crippen LogP contribution in [0, 0.1) is 22.7 Å². The fourth-order valence-electron chi connectivity index (χ4n) is 1.23. The van der Waals surface area contributed by atoms with E-state index < -0.39 is 6.04 Å². The average molecular weight is 228 g/mol. The van der Waals surface area contributed by atoms with Crippen LogP contribution in [0.4, 0.5) is 5.69 Å². The lowest BCUT2D eigenvalue weighted by molar-refractivity contribution is -0.117. The number of nitrogens with one attached hydrogen (secondary N) is 1. The maximum absolute atomic E-state index is 11.5. The van der Waals surface area contributed by atoms with E-state index in [4.69, 9.17) is 16.3 Å². The monoisotopic (exact) mass is 228 g/mol. The van der Waals surface area contributed by atoms with Crippen LogP contribution < -0.4 is 11.1 Å². The number of hydrogen-bond donors (Lipinski definition) is 2. The normalized spacial score (nSPS) is 11.1. The van der Waals surface area contributed by atoms with E-state index in [0.29, 0.717) is 12.1 Å². The molecule has 1 unspecified atom stereocenters. The summed E-state index contributed by atoms with van der Waals surface area (Å²) in [6.45, 7) is 1.81. The van der Waals surface area contributed by atoms with E-state index in [9.17, 15) is 4.79 Å². The van der Waals surface area contributed by atoms with Gasteiger partial charge in [0.15, 0.2) is 0 Å². The van der Waals surface area contributed by atoms with Crippen molar-refractivity contribution in [1.82, 2.24) is 0 Å². The van der Waals surface area contributed by atoms with Crippen LogP contribution >= 0.6 is 0 Å². The van der Waals surface area contributed by atoms with Gasteiger partial charge in [-0.05, 0) is 24.6 Å². The fourth-order valence-corrected chi connectivity index (χ4v) is 1.23. The molecule has 1 amide bonds. The number of nitrogens with two attached hydrogens (primary N) is 1. The molecule has 1 aromatic rings. The second-order valence-corrected chi connectivity index (χ2v) is 3.49. The minimum atomic E-state index is -0.573. The van der Waals surface area contributed by atoms with Crippen molar-refractivity contribution in [2.45, 2.75) is 19.4 Å². The van der Waals surface area contributed by atoms with E-state index in [2.05, 4.69) is 5.32 Å². The lowest BCUT2D eigenvalue weighted by Gasteiger charge is -2.10. The third-order valence-corrected chi connectivity index (χ3v) is 2.30. The Morgan fingerprint density at radius 3 is 2.59 bits per heavy atom. The Labute approximate surface area is 99.5 Å². The molecule has 17 heavy (non-hydrogen) atoms. The fraction of sp³-hybridized carbons (Fsp3) is 0.250. The van der Waals surface area contributed by atoms with Crippen LogP contribution in [0.25, 0.3) is 0 Å². The highest BCUT2D eigenvalue weighted by Gasteiger charge is 2.11. The van der Waals surface area contributed by atoms with Gasteiger partial charge in [0, 0.05) is 5.69 Å². The molecular formula is C12H12N4O. The van der Waals surface area contributed by atoms with E-state index in [0.717, 1.165) is 0 Å². The van der Waals surface area contributed by atoms with Crippen molar-refractivity contribution in [2.24, 2.45) is 5.73 Å². The molecule has 0 fully saturated rings. The van der Waals surface area contributed by atoms with Gasteiger partial charge in [0.25, 0.3) is 0 Å². The smallest absolute Gasteiger partial charge is 0.241 e. The maximum atomic E-state index is 11.5. The largest absolute Gasteiger partial charge is 0.325 e. The highest BCUT2D eigenvalue weighted by atomic mass is 16.2. The first kappa shape index (κ1) is 12.7. The summed E-state index contributed by atoms with van der Waals surface area (Å²) in [6, 6.07) is 7.74. The van der Waals surface area contributed by atoms with E-state index in [1.54, 1.807) is 6.07 Å². The Morgan fingerprint density at radius 2 is 2.06 bits per heavy atom. The van der Waals surface area contributed by atoms with Gasteiger partial charge in [-0.1, -0.05) is 6.92 Å². The molecule has 0 saturated heterocycles. The van der Waals surface area contributed by atoms with Gasteiger partial charge < -0.3 is 11.1 Å². The summed E-state index contributed by atoms with van der Waals surface area (Å²) >= 11 is 0. The van der Waals surface area contributed by atoms with Crippen molar-refractivity contribution in [3.05, 3.63) is 29.3 Å². The van der Waals surface area contributed by atoms with Crippen molar-refractivity contribution in [2.75, 3.05) is 5.32 Å². The minimum Gasteiger partial charge on any atom is -0.325 e. The van der Waals surface area contributed by atoms with Gasteiger partial charge in [-0.25, -0.2) is 0 Å². The molecule has 86 valence electrons. The molecule has 1 aromatic carbocycles. The number of nitrogens with zero attached hydrogens (tertiary/aromatic N) is 2. The number of carbonyl (C=O) groups is 1. The standard InChI is InChI=1S/C12H12N4O/c1-2-11(15)12(17)16-10-4-3-8(6-13)9(5-10)7-14/h3-5,11H,2,15H2,1H3,(H,16,17). The van der Waals surface area contributed by atoms with Gasteiger partial charge in [0.05, 0.1) is 17.2 Å². The lowest BCUT2D eigenvalue weighted by Crippen LogP contribution is -2.34.